The number of rotatable bonds is 6. The number of carbonyl (C=O) groups is 2. The molecule has 0 heterocycles. The summed E-state index contributed by atoms with van der Waals surface area (Å²) in [4.78, 5) is 24.3. The molecule has 0 saturated heterocycles. The molecule has 0 aromatic heterocycles. The van der Waals surface area contributed by atoms with Crippen molar-refractivity contribution in [3.05, 3.63) is 65.7 Å². The highest BCUT2D eigenvalue weighted by Crippen LogP contribution is 2.11. The predicted octanol–water partition coefficient (Wildman–Crippen LogP) is 2.65. The lowest BCUT2D eigenvalue weighted by Crippen LogP contribution is -2.30. The number of nitrogens with zero attached hydrogens (tertiary/aromatic N) is 1. The minimum atomic E-state index is -0.0319. The SMILES string of the molecule is CN(CCOc1ccc(C=O)cc1)C(=O)c1ccccc1. The molecule has 0 saturated carbocycles. The van der Waals surface area contributed by atoms with Gasteiger partial charge in [0.05, 0.1) is 6.54 Å². The average Bonchev–Trinajstić information content (AvgIpc) is 2.55. The summed E-state index contributed by atoms with van der Waals surface area (Å²) >= 11 is 0. The zero-order valence-electron chi connectivity index (χ0n) is 11.9. The van der Waals surface area contributed by atoms with Gasteiger partial charge in [0.2, 0.25) is 0 Å². The van der Waals surface area contributed by atoms with E-state index in [0.29, 0.717) is 30.0 Å². The van der Waals surface area contributed by atoms with Gasteiger partial charge in [0, 0.05) is 18.2 Å². The van der Waals surface area contributed by atoms with Crippen LogP contribution in [-0.4, -0.2) is 37.3 Å². The Morgan fingerprint density at radius 3 is 2.38 bits per heavy atom. The Bertz CT molecular complexity index is 593. The molecule has 1 amide bonds. The van der Waals surface area contributed by atoms with Crippen LogP contribution in [0.15, 0.2) is 54.6 Å². The Morgan fingerprint density at radius 2 is 1.76 bits per heavy atom. The largest absolute Gasteiger partial charge is 0.492 e. The Labute approximate surface area is 124 Å². The van der Waals surface area contributed by atoms with Crippen molar-refractivity contribution in [3.63, 3.8) is 0 Å². The molecule has 0 atom stereocenters. The van der Waals surface area contributed by atoms with E-state index in [2.05, 4.69) is 0 Å². The van der Waals surface area contributed by atoms with Gasteiger partial charge in [-0.2, -0.15) is 0 Å². The zero-order valence-corrected chi connectivity index (χ0v) is 11.9. The van der Waals surface area contributed by atoms with Gasteiger partial charge >= 0.3 is 0 Å². The van der Waals surface area contributed by atoms with Crippen LogP contribution >= 0.6 is 0 Å². The van der Waals surface area contributed by atoms with Gasteiger partial charge in [-0.3, -0.25) is 9.59 Å². The van der Waals surface area contributed by atoms with Crippen molar-refractivity contribution in [2.75, 3.05) is 20.2 Å². The summed E-state index contributed by atoms with van der Waals surface area (Å²) in [6, 6.07) is 16.0. The maximum absolute atomic E-state index is 12.1. The molecule has 0 unspecified atom stereocenters. The summed E-state index contributed by atoms with van der Waals surface area (Å²) in [7, 11) is 1.74. The van der Waals surface area contributed by atoms with Crippen LogP contribution < -0.4 is 4.74 Å². The van der Waals surface area contributed by atoms with Gasteiger partial charge < -0.3 is 9.64 Å². The summed E-state index contributed by atoms with van der Waals surface area (Å²) < 4.78 is 5.55. The molecule has 0 bridgehead atoms. The molecule has 108 valence electrons. The molecular formula is C17H17NO3. The number of likely N-dealkylation sites (N-methyl/N-ethyl adjacent to an activating group) is 1. The van der Waals surface area contributed by atoms with Crippen molar-refractivity contribution < 1.29 is 14.3 Å². The smallest absolute Gasteiger partial charge is 0.253 e. The first-order chi connectivity index (χ1) is 10.2. The predicted molar refractivity (Wildman–Crippen MR) is 80.7 cm³/mol. The quantitative estimate of drug-likeness (QED) is 0.766. The van der Waals surface area contributed by atoms with Crippen LogP contribution in [0.3, 0.4) is 0 Å². The van der Waals surface area contributed by atoms with Crippen LogP contribution in [0.25, 0.3) is 0 Å². The van der Waals surface area contributed by atoms with E-state index in [-0.39, 0.29) is 5.91 Å². The fourth-order valence-electron chi connectivity index (χ4n) is 1.85. The molecule has 4 heteroatoms. The van der Waals surface area contributed by atoms with Crippen LogP contribution in [0.4, 0.5) is 0 Å². The molecule has 0 fully saturated rings. The molecular weight excluding hydrogens is 266 g/mol. The molecule has 0 spiro atoms. The Hall–Kier alpha value is -2.62. The van der Waals surface area contributed by atoms with Gasteiger partial charge in [0.15, 0.2) is 0 Å². The first kappa shape index (κ1) is 14.8. The second-order valence-electron chi connectivity index (χ2n) is 4.63. The summed E-state index contributed by atoms with van der Waals surface area (Å²) in [5.74, 6) is 0.650. The van der Waals surface area contributed by atoms with Gasteiger partial charge in [-0.25, -0.2) is 0 Å². The lowest BCUT2D eigenvalue weighted by atomic mass is 10.2. The minimum Gasteiger partial charge on any atom is -0.492 e. The topological polar surface area (TPSA) is 46.6 Å². The Morgan fingerprint density at radius 1 is 1.10 bits per heavy atom. The van der Waals surface area contributed by atoms with Gasteiger partial charge in [-0.1, -0.05) is 18.2 Å². The highest BCUT2D eigenvalue weighted by atomic mass is 16.5. The van der Waals surface area contributed by atoms with Gasteiger partial charge in [0.1, 0.15) is 18.6 Å². The number of benzene rings is 2. The normalized spacial score (nSPS) is 9.95. The molecule has 2 aromatic rings. The van der Waals surface area contributed by atoms with E-state index in [4.69, 9.17) is 4.74 Å². The van der Waals surface area contributed by atoms with E-state index in [1.54, 1.807) is 48.3 Å². The van der Waals surface area contributed by atoms with Crippen molar-refractivity contribution >= 4 is 12.2 Å². The van der Waals surface area contributed by atoms with Crippen LogP contribution in [0.2, 0.25) is 0 Å². The van der Waals surface area contributed by atoms with E-state index in [9.17, 15) is 9.59 Å². The van der Waals surface area contributed by atoms with Crippen LogP contribution in [-0.2, 0) is 0 Å². The van der Waals surface area contributed by atoms with E-state index < -0.39 is 0 Å². The Balaban J connectivity index is 1.82. The second-order valence-corrected chi connectivity index (χ2v) is 4.63. The highest BCUT2D eigenvalue weighted by molar-refractivity contribution is 5.93. The van der Waals surface area contributed by atoms with Crippen LogP contribution in [0.5, 0.6) is 5.75 Å². The molecule has 0 N–H and O–H groups in total. The maximum atomic E-state index is 12.1. The summed E-state index contributed by atoms with van der Waals surface area (Å²) in [6.07, 6.45) is 0.788. The minimum absolute atomic E-state index is 0.0319. The number of hydrogen-bond acceptors (Lipinski definition) is 3. The van der Waals surface area contributed by atoms with E-state index in [1.807, 2.05) is 18.2 Å². The van der Waals surface area contributed by atoms with Crippen molar-refractivity contribution in [1.82, 2.24) is 4.90 Å². The number of amides is 1. The van der Waals surface area contributed by atoms with Crippen LogP contribution in [0.1, 0.15) is 20.7 Å². The molecule has 4 nitrogen and oxygen atoms in total. The van der Waals surface area contributed by atoms with Crippen LogP contribution in [0, 0.1) is 0 Å². The molecule has 2 aromatic carbocycles. The summed E-state index contributed by atoms with van der Waals surface area (Å²) in [6.45, 7) is 0.888. The maximum Gasteiger partial charge on any atom is 0.253 e. The Kier molecular flexibility index (Phi) is 5.10. The van der Waals surface area contributed by atoms with Gasteiger partial charge in [-0.05, 0) is 36.4 Å². The zero-order chi connectivity index (χ0) is 15.1. The number of aldehydes is 1. The second kappa shape index (κ2) is 7.24. The fourth-order valence-corrected chi connectivity index (χ4v) is 1.85. The average molecular weight is 283 g/mol. The van der Waals surface area contributed by atoms with Crippen molar-refractivity contribution in [2.24, 2.45) is 0 Å². The monoisotopic (exact) mass is 283 g/mol. The third-order valence-electron chi connectivity index (χ3n) is 3.08. The fraction of sp³-hybridized carbons (Fsp3) is 0.176. The van der Waals surface area contributed by atoms with E-state index in [1.165, 1.54) is 0 Å². The first-order valence-corrected chi connectivity index (χ1v) is 6.69. The molecule has 0 aliphatic rings. The lowest BCUT2D eigenvalue weighted by molar-refractivity contribution is 0.0773. The summed E-state index contributed by atoms with van der Waals surface area (Å²) in [5, 5.41) is 0. The van der Waals surface area contributed by atoms with Gasteiger partial charge in [0.25, 0.3) is 5.91 Å². The number of carbonyl (C=O) groups excluding carboxylic acids is 2. The van der Waals surface area contributed by atoms with Crippen molar-refractivity contribution in [1.29, 1.82) is 0 Å². The summed E-state index contributed by atoms with van der Waals surface area (Å²) in [5.41, 5.74) is 1.27. The third-order valence-corrected chi connectivity index (χ3v) is 3.08. The molecule has 21 heavy (non-hydrogen) atoms. The molecule has 2 rings (SSSR count). The molecule has 0 radical (unpaired) electrons. The van der Waals surface area contributed by atoms with Gasteiger partial charge in [-0.15, -0.1) is 0 Å². The third kappa shape index (κ3) is 4.18. The van der Waals surface area contributed by atoms with E-state index in [0.717, 1.165) is 6.29 Å². The van der Waals surface area contributed by atoms with Crippen molar-refractivity contribution in [3.8, 4) is 5.75 Å². The molecule has 0 aliphatic heterocycles. The standard InChI is InChI=1S/C17H17NO3/c1-18(17(20)15-5-3-2-4-6-15)11-12-21-16-9-7-14(13-19)8-10-16/h2-10,13H,11-12H2,1H3. The molecule has 0 aliphatic carbocycles. The lowest BCUT2D eigenvalue weighted by Gasteiger charge is -2.17. The number of ether oxygens (including phenoxy) is 1. The highest BCUT2D eigenvalue weighted by Gasteiger charge is 2.10. The van der Waals surface area contributed by atoms with E-state index >= 15 is 0 Å². The van der Waals surface area contributed by atoms with Crippen molar-refractivity contribution in [2.45, 2.75) is 0 Å². The first-order valence-electron chi connectivity index (χ1n) is 6.69. The number of hydrogen-bond donors (Lipinski definition) is 0.